The SMILES string of the molecule is O=C(O)C1CCCN(c2ccccc2Cl)C1. The predicted octanol–water partition coefficient (Wildman–Crippen LogP) is 2.64. The van der Waals surface area contributed by atoms with E-state index in [4.69, 9.17) is 16.7 Å². The Morgan fingerprint density at radius 2 is 2.19 bits per heavy atom. The van der Waals surface area contributed by atoms with Crippen molar-refractivity contribution >= 4 is 23.3 Å². The van der Waals surface area contributed by atoms with Crippen LogP contribution in [0.15, 0.2) is 24.3 Å². The van der Waals surface area contributed by atoms with Crippen molar-refractivity contribution in [2.24, 2.45) is 5.92 Å². The van der Waals surface area contributed by atoms with Gasteiger partial charge in [0.15, 0.2) is 0 Å². The first-order valence-electron chi connectivity index (χ1n) is 5.41. The van der Waals surface area contributed by atoms with Gasteiger partial charge in [0.05, 0.1) is 16.6 Å². The monoisotopic (exact) mass is 239 g/mol. The minimum Gasteiger partial charge on any atom is -0.481 e. The minimum atomic E-state index is -0.711. The van der Waals surface area contributed by atoms with Gasteiger partial charge < -0.3 is 10.0 Å². The molecule has 1 saturated heterocycles. The first-order chi connectivity index (χ1) is 7.68. The molecule has 1 atom stereocenters. The van der Waals surface area contributed by atoms with Crippen molar-refractivity contribution in [3.63, 3.8) is 0 Å². The Kier molecular flexibility index (Phi) is 3.34. The molecule has 1 heterocycles. The van der Waals surface area contributed by atoms with Gasteiger partial charge in [-0.15, -0.1) is 0 Å². The van der Waals surface area contributed by atoms with Gasteiger partial charge in [0.2, 0.25) is 0 Å². The number of benzene rings is 1. The predicted molar refractivity (Wildman–Crippen MR) is 64.0 cm³/mol. The van der Waals surface area contributed by atoms with Crippen LogP contribution < -0.4 is 4.90 Å². The van der Waals surface area contributed by atoms with Gasteiger partial charge in [-0.05, 0) is 25.0 Å². The van der Waals surface area contributed by atoms with Crippen molar-refractivity contribution in [3.05, 3.63) is 29.3 Å². The molecule has 3 nitrogen and oxygen atoms in total. The summed E-state index contributed by atoms with van der Waals surface area (Å²) in [7, 11) is 0. The van der Waals surface area contributed by atoms with Gasteiger partial charge in [-0.1, -0.05) is 23.7 Å². The Bertz CT molecular complexity index is 394. The van der Waals surface area contributed by atoms with Gasteiger partial charge in [0.1, 0.15) is 0 Å². The molecule has 1 unspecified atom stereocenters. The maximum atomic E-state index is 11.0. The summed E-state index contributed by atoms with van der Waals surface area (Å²) in [5.74, 6) is -0.984. The lowest BCUT2D eigenvalue weighted by Gasteiger charge is -2.33. The van der Waals surface area contributed by atoms with Crippen molar-refractivity contribution < 1.29 is 9.90 Å². The van der Waals surface area contributed by atoms with Gasteiger partial charge in [0.25, 0.3) is 0 Å². The Labute approximate surface area is 99.6 Å². The van der Waals surface area contributed by atoms with E-state index in [2.05, 4.69) is 4.90 Å². The Morgan fingerprint density at radius 3 is 2.88 bits per heavy atom. The number of nitrogens with zero attached hydrogens (tertiary/aromatic N) is 1. The molecule has 0 spiro atoms. The van der Waals surface area contributed by atoms with Crippen LogP contribution >= 0.6 is 11.6 Å². The Balaban J connectivity index is 2.16. The number of carbonyl (C=O) groups is 1. The quantitative estimate of drug-likeness (QED) is 0.863. The molecule has 16 heavy (non-hydrogen) atoms. The van der Waals surface area contributed by atoms with Crippen LogP contribution in [0.1, 0.15) is 12.8 Å². The van der Waals surface area contributed by atoms with Gasteiger partial charge in [-0.3, -0.25) is 4.79 Å². The number of anilines is 1. The Morgan fingerprint density at radius 1 is 1.44 bits per heavy atom. The fourth-order valence-corrected chi connectivity index (χ4v) is 2.36. The number of hydrogen-bond acceptors (Lipinski definition) is 2. The summed E-state index contributed by atoms with van der Waals surface area (Å²) in [4.78, 5) is 13.0. The summed E-state index contributed by atoms with van der Waals surface area (Å²) >= 11 is 6.10. The van der Waals surface area contributed by atoms with Gasteiger partial charge >= 0.3 is 5.97 Å². The van der Waals surface area contributed by atoms with Crippen LogP contribution in [0, 0.1) is 5.92 Å². The largest absolute Gasteiger partial charge is 0.481 e. The van der Waals surface area contributed by atoms with Crippen molar-refractivity contribution in [2.75, 3.05) is 18.0 Å². The molecule has 1 aliphatic rings. The van der Waals surface area contributed by atoms with E-state index in [1.807, 2.05) is 24.3 Å². The number of rotatable bonds is 2. The first kappa shape index (κ1) is 11.3. The maximum Gasteiger partial charge on any atom is 0.308 e. The fourth-order valence-electron chi connectivity index (χ4n) is 2.11. The molecule has 0 aliphatic carbocycles. The second-order valence-electron chi connectivity index (χ2n) is 4.07. The lowest BCUT2D eigenvalue weighted by Crippen LogP contribution is -2.38. The molecule has 0 bridgehead atoms. The summed E-state index contributed by atoms with van der Waals surface area (Å²) < 4.78 is 0. The standard InChI is InChI=1S/C12H14ClNO2/c13-10-5-1-2-6-11(10)14-7-3-4-9(8-14)12(15)16/h1-2,5-6,9H,3-4,7-8H2,(H,15,16). The summed E-state index contributed by atoms with van der Waals surface area (Å²) in [5.41, 5.74) is 0.940. The highest BCUT2D eigenvalue weighted by atomic mass is 35.5. The molecule has 0 aromatic heterocycles. The van der Waals surface area contributed by atoms with Crippen LogP contribution in [-0.4, -0.2) is 24.2 Å². The molecule has 1 aliphatic heterocycles. The number of hydrogen-bond donors (Lipinski definition) is 1. The third-order valence-corrected chi connectivity index (χ3v) is 3.28. The van der Waals surface area contributed by atoms with E-state index in [0.717, 1.165) is 25.1 Å². The molecule has 1 fully saturated rings. The average molecular weight is 240 g/mol. The van der Waals surface area contributed by atoms with Crippen LogP contribution in [0.5, 0.6) is 0 Å². The fraction of sp³-hybridized carbons (Fsp3) is 0.417. The van der Waals surface area contributed by atoms with E-state index in [-0.39, 0.29) is 5.92 Å². The summed E-state index contributed by atoms with van der Waals surface area (Å²) in [6.07, 6.45) is 1.67. The topological polar surface area (TPSA) is 40.5 Å². The second kappa shape index (κ2) is 4.74. The average Bonchev–Trinajstić information content (AvgIpc) is 2.30. The van der Waals surface area contributed by atoms with Crippen LogP contribution in [-0.2, 0) is 4.79 Å². The van der Waals surface area contributed by atoms with Gasteiger partial charge in [-0.2, -0.15) is 0 Å². The highest BCUT2D eigenvalue weighted by Gasteiger charge is 2.26. The normalized spacial score (nSPS) is 20.8. The van der Waals surface area contributed by atoms with Crippen molar-refractivity contribution in [1.82, 2.24) is 0 Å². The summed E-state index contributed by atoms with van der Waals surface area (Å²) in [6.45, 7) is 1.44. The molecule has 0 amide bonds. The highest BCUT2D eigenvalue weighted by molar-refractivity contribution is 6.33. The number of halogens is 1. The molecule has 1 N–H and O–H groups in total. The maximum absolute atomic E-state index is 11.0. The zero-order valence-corrected chi connectivity index (χ0v) is 9.65. The number of para-hydroxylation sites is 1. The Hall–Kier alpha value is -1.22. The zero-order valence-electron chi connectivity index (χ0n) is 8.90. The van der Waals surface area contributed by atoms with Gasteiger partial charge in [-0.25, -0.2) is 0 Å². The first-order valence-corrected chi connectivity index (χ1v) is 5.78. The van der Waals surface area contributed by atoms with E-state index >= 15 is 0 Å². The molecular weight excluding hydrogens is 226 g/mol. The van der Waals surface area contributed by atoms with E-state index in [1.165, 1.54) is 0 Å². The van der Waals surface area contributed by atoms with E-state index in [0.29, 0.717) is 11.6 Å². The number of carboxylic acids is 1. The van der Waals surface area contributed by atoms with Gasteiger partial charge in [0, 0.05) is 13.1 Å². The molecular formula is C12H14ClNO2. The van der Waals surface area contributed by atoms with Crippen LogP contribution in [0.2, 0.25) is 5.02 Å². The van der Waals surface area contributed by atoms with Crippen LogP contribution in [0.4, 0.5) is 5.69 Å². The molecule has 1 aromatic rings. The molecule has 2 rings (SSSR count). The molecule has 4 heteroatoms. The van der Waals surface area contributed by atoms with E-state index in [1.54, 1.807) is 0 Å². The number of aliphatic carboxylic acids is 1. The second-order valence-corrected chi connectivity index (χ2v) is 4.48. The molecule has 86 valence electrons. The highest BCUT2D eigenvalue weighted by Crippen LogP contribution is 2.29. The number of piperidine rings is 1. The van der Waals surface area contributed by atoms with Crippen molar-refractivity contribution in [1.29, 1.82) is 0 Å². The molecule has 0 radical (unpaired) electrons. The lowest BCUT2D eigenvalue weighted by molar-refractivity contribution is -0.141. The summed E-state index contributed by atoms with van der Waals surface area (Å²) in [6, 6.07) is 7.57. The van der Waals surface area contributed by atoms with Crippen LogP contribution in [0.3, 0.4) is 0 Å². The minimum absolute atomic E-state index is 0.273. The third kappa shape index (κ3) is 2.30. The molecule has 0 saturated carbocycles. The van der Waals surface area contributed by atoms with E-state index in [9.17, 15) is 4.79 Å². The third-order valence-electron chi connectivity index (χ3n) is 2.96. The number of carboxylic acid groups (broad SMARTS) is 1. The molecule has 1 aromatic carbocycles. The smallest absolute Gasteiger partial charge is 0.308 e. The van der Waals surface area contributed by atoms with Crippen molar-refractivity contribution in [2.45, 2.75) is 12.8 Å². The van der Waals surface area contributed by atoms with Crippen molar-refractivity contribution in [3.8, 4) is 0 Å². The van der Waals surface area contributed by atoms with Crippen LogP contribution in [0.25, 0.3) is 0 Å². The summed E-state index contributed by atoms with van der Waals surface area (Å²) in [5, 5.41) is 9.70. The lowest BCUT2D eigenvalue weighted by atomic mass is 9.98. The zero-order chi connectivity index (χ0) is 11.5. The van der Waals surface area contributed by atoms with E-state index < -0.39 is 5.97 Å².